The van der Waals surface area contributed by atoms with Crippen molar-refractivity contribution in [2.75, 3.05) is 0 Å². The number of aliphatic hydroxyl groups excluding tert-OH is 1. The molecule has 0 aliphatic heterocycles. The van der Waals surface area contributed by atoms with Crippen molar-refractivity contribution < 1.29 is 5.11 Å². The molecule has 0 atom stereocenters. The first-order chi connectivity index (χ1) is 3.81. The van der Waals surface area contributed by atoms with Crippen LogP contribution in [0.5, 0.6) is 0 Å². The molecule has 0 saturated heterocycles. The van der Waals surface area contributed by atoms with Gasteiger partial charge in [0.15, 0.2) is 0 Å². The Morgan fingerprint density at radius 1 is 1.62 bits per heavy atom. The fraction of sp³-hybridized carbons (Fsp3) is 0.143. The molecule has 0 aliphatic carbocycles. The van der Waals surface area contributed by atoms with Gasteiger partial charge in [0, 0.05) is 0 Å². The van der Waals surface area contributed by atoms with E-state index in [0.717, 1.165) is 11.8 Å². The highest BCUT2D eigenvalue weighted by molar-refractivity contribution is 5.18. The Balaban J connectivity index is 3.74. The second kappa shape index (κ2) is 4.19. The van der Waals surface area contributed by atoms with Crippen LogP contribution in [0.2, 0.25) is 0 Å². The summed E-state index contributed by atoms with van der Waals surface area (Å²) in [5, 5.41) is 8.15. The van der Waals surface area contributed by atoms with Crippen molar-refractivity contribution in [1.82, 2.24) is 0 Å². The number of aliphatic hydroxyl groups is 1. The van der Waals surface area contributed by atoms with E-state index in [9.17, 15) is 0 Å². The van der Waals surface area contributed by atoms with Gasteiger partial charge >= 0.3 is 0 Å². The molecule has 44 valence electrons. The first-order valence-corrected chi connectivity index (χ1v) is 2.41. The number of rotatable bonds is 2. The van der Waals surface area contributed by atoms with Gasteiger partial charge in [0.25, 0.3) is 0 Å². The molecule has 8 heavy (non-hydrogen) atoms. The quantitative estimate of drug-likeness (QED) is 0.426. The Morgan fingerprint density at radius 3 is 2.62 bits per heavy atom. The van der Waals surface area contributed by atoms with Crippen LogP contribution >= 0.6 is 0 Å². The Kier molecular flexibility index (Phi) is 3.67. The van der Waals surface area contributed by atoms with Crippen molar-refractivity contribution in [3.8, 4) is 0 Å². The zero-order chi connectivity index (χ0) is 6.41. The van der Waals surface area contributed by atoms with Crippen molar-refractivity contribution >= 4 is 0 Å². The lowest BCUT2D eigenvalue weighted by Crippen LogP contribution is -1.61. The maximum Gasteiger partial charge on any atom is 0.0791 e. The summed E-state index contributed by atoms with van der Waals surface area (Å²) < 4.78 is 0. The second-order valence-electron chi connectivity index (χ2n) is 1.46. The van der Waals surface area contributed by atoms with Crippen LogP contribution in [0.25, 0.3) is 0 Å². The Morgan fingerprint density at radius 2 is 2.25 bits per heavy atom. The molecule has 1 N–H and O–H groups in total. The molecular weight excluding hydrogens is 100 g/mol. The first kappa shape index (κ1) is 7.02. The number of allylic oxidation sites excluding steroid dienone is 4. The van der Waals surface area contributed by atoms with Crippen LogP contribution in [0.4, 0.5) is 0 Å². The summed E-state index contributed by atoms with van der Waals surface area (Å²) in [5.41, 5.74) is 1.04. The van der Waals surface area contributed by atoms with Gasteiger partial charge in [-0.05, 0) is 13.0 Å². The maximum atomic E-state index is 8.15. The fourth-order valence-electron chi connectivity index (χ4n) is 0.263. The minimum Gasteiger partial charge on any atom is -0.516 e. The number of hydrogen-bond donors (Lipinski definition) is 1. The average molecular weight is 110 g/mol. The molecule has 0 unspecified atom stereocenters. The van der Waals surface area contributed by atoms with Crippen molar-refractivity contribution in [2.45, 2.75) is 6.92 Å². The molecule has 0 fully saturated rings. The summed E-state index contributed by atoms with van der Waals surface area (Å²) in [7, 11) is 0. The lowest BCUT2D eigenvalue weighted by molar-refractivity contribution is 0.473. The molecule has 0 rings (SSSR count). The molecule has 0 aliphatic rings. The first-order valence-electron chi connectivity index (χ1n) is 2.41. The summed E-state index contributed by atoms with van der Waals surface area (Å²) in [6.07, 6.45) is 6.04. The van der Waals surface area contributed by atoms with E-state index in [1.807, 2.05) is 6.92 Å². The van der Waals surface area contributed by atoms with E-state index in [4.69, 9.17) is 5.11 Å². The highest BCUT2D eigenvalue weighted by Crippen LogP contribution is 1.91. The van der Waals surface area contributed by atoms with Gasteiger partial charge in [0.1, 0.15) is 0 Å². The van der Waals surface area contributed by atoms with Crippen LogP contribution in [0.1, 0.15) is 6.92 Å². The van der Waals surface area contributed by atoms with Gasteiger partial charge in [-0.2, -0.15) is 0 Å². The normalized spacial score (nSPS) is 12.4. The van der Waals surface area contributed by atoms with Crippen molar-refractivity contribution in [3.63, 3.8) is 0 Å². The van der Waals surface area contributed by atoms with Gasteiger partial charge in [-0.3, -0.25) is 0 Å². The summed E-state index contributed by atoms with van der Waals surface area (Å²) in [6.45, 7) is 5.44. The maximum absolute atomic E-state index is 8.15. The van der Waals surface area contributed by atoms with E-state index in [1.165, 1.54) is 0 Å². The van der Waals surface area contributed by atoms with Crippen molar-refractivity contribution in [3.05, 3.63) is 36.6 Å². The summed E-state index contributed by atoms with van der Waals surface area (Å²) in [6, 6.07) is 0. The number of hydrogen-bond acceptors (Lipinski definition) is 1. The molecule has 0 aromatic rings. The van der Waals surface area contributed by atoms with Crippen LogP contribution in [0.3, 0.4) is 0 Å². The summed E-state index contributed by atoms with van der Waals surface area (Å²) >= 11 is 0. The van der Waals surface area contributed by atoms with E-state index in [0.29, 0.717) is 0 Å². The minimum atomic E-state index is 0.993. The fourth-order valence-corrected chi connectivity index (χ4v) is 0.263. The summed E-state index contributed by atoms with van der Waals surface area (Å²) in [4.78, 5) is 0. The smallest absolute Gasteiger partial charge is 0.0791 e. The molecule has 0 heterocycles. The van der Waals surface area contributed by atoms with Crippen LogP contribution in [0.15, 0.2) is 36.6 Å². The molecule has 0 spiro atoms. The lowest BCUT2D eigenvalue weighted by atomic mass is 10.3. The highest BCUT2D eigenvalue weighted by Gasteiger charge is 1.70. The van der Waals surface area contributed by atoms with E-state index < -0.39 is 0 Å². The molecular formula is C7H10O. The zero-order valence-electron chi connectivity index (χ0n) is 4.96. The summed E-state index contributed by atoms with van der Waals surface area (Å²) in [5.74, 6) is 0. The Labute approximate surface area is 49.7 Å². The predicted molar refractivity (Wildman–Crippen MR) is 35.7 cm³/mol. The van der Waals surface area contributed by atoms with Gasteiger partial charge in [-0.1, -0.05) is 24.3 Å². The third kappa shape index (κ3) is 3.22. The molecule has 0 saturated carbocycles. The van der Waals surface area contributed by atoms with E-state index in [-0.39, 0.29) is 0 Å². The third-order valence-electron chi connectivity index (χ3n) is 0.767. The second-order valence-corrected chi connectivity index (χ2v) is 1.46. The minimum absolute atomic E-state index is 0.993. The Bertz CT molecular complexity index is 120. The van der Waals surface area contributed by atoms with Crippen molar-refractivity contribution in [1.29, 1.82) is 0 Å². The topological polar surface area (TPSA) is 20.2 Å². The predicted octanol–water partition coefficient (Wildman–Crippen LogP) is 2.19. The Hall–Kier alpha value is -0.980. The molecule has 0 aromatic carbocycles. The standard InChI is InChI=1S/C7H10O/c1-3-7(2)5-4-6-8/h3-6,8H,1H2,2H3. The molecule has 0 aromatic heterocycles. The van der Waals surface area contributed by atoms with Crippen LogP contribution in [0, 0.1) is 0 Å². The van der Waals surface area contributed by atoms with Gasteiger partial charge in [0.05, 0.1) is 6.26 Å². The molecule has 1 heteroatoms. The van der Waals surface area contributed by atoms with E-state index >= 15 is 0 Å². The van der Waals surface area contributed by atoms with Gasteiger partial charge in [0.2, 0.25) is 0 Å². The van der Waals surface area contributed by atoms with E-state index in [1.54, 1.807) is 18.2 Å². The third-order valence-corrected chi connectivity index (χ3v) is 0.767. The molecule has 0 bridgehead atoms. The molecule has 0 amide bonds. The van der Waals surface area contributed by atoms with Crippen LogP contribution in [-0.4, -0.2) is 5.11 Å². The average Bonchev–Trinajstić information content (AvgIpc) is 1.83. The monoisotopic (exact) mass is 110 g/mol. The molecule has 0 radical (unpaired) electrons. The van der Waals surface area contributed by atoms with Gasteiger partial charge < -0.3 is 5.11 Å². The van der Waals surface area contributed by atoms with Crippen LogP contribution in [-0.2, 0) is 0 Å². The zero-order valence-corrected chi connectivity index (χ0v) is 4.96. The van der Waals surface area contributed by atoms with E-state index in [2.05, 4.69) is 6.58 Å². The molecule has 1 nitrogen and oxygen atoms in total. The van der Waals surface area contributed by atoms with Gasteiger partial charge in [-0.25, -0.2) is 0 Å². The lowest BCUT2D eigenvalue weighted by Gasteiger charge is -1.81. The van der Waals surface area contributed by atoms with Gasteiger partial charge in [-0.15, -0.1) is 0 Å². The highest BCUT2D eigenvalue weighted by atomic mass is 16.2. The van der Waals surface area contributed by atoms with Crippen molar-refractivity contribution in [2.24, 2.45) is 0 Å². The largest absolute Gasteiger partial charge is 0.516 e. The van der Waals surface area contributed by atoms with Crippen LogP contribution < -0.4 is 0 Å². The SMILES string of the molecule is C=CC(C)=CC=CO.